The van der Waals surface area contributed by atoms with Crippen LogP contribution in [-0.4, -0.2) is 28.2 Å². The first kappa shape index (κ1) is 15.0. The lowest BCUT2D eigenvalue weighted by Crippen LogP contribution is -2.43. The van der Waals surface area contributed by atoms with Crippen LogP contribution in [0.1, 0.15) is 45.1 Å². The first-order valence-corrected chi connectivity index (χ1v) is 7.33. The predicted octanol–water partition coefficient (Wildman–Crippen LogP) is 2.22. The number of anilines is 2. The van der Waals surface area contributed by atoms with Gasteiger partial charge in [-0.1, -0.05) is 13.8 Å². The third-order valence-electron chi connectivity index (χ3n) is 4.22. The maximum atomic E-state index is 6.00. The van der Waals surface area contributed by atoms with Gasteiger partial charge in [0.1, 0.15) is 5.82 Å². The third-order valence-corrected chi connectivity index (χ3v) is 4.22. The molecule has 112 valence electrons. The average Bonchev–Trinajstić information content (AvgIpc) is 2.49. The molecule has 1 saturated heterocycles. The molecule has 1 aromatic rings. The number of aromatic nitrogens is 2. The lowest BCUT2D eigenvalue weighted by molar-refractivity contribution is -0.0864. The normalized spacial score (nSPS) is 21.5. The van der Waals surface area contributed by atoms with Gasteiger partial charge < -0.3 is 10.1 Å². The summed E-state index contributed by atoms with van der Waals surface area (Å²) in [4.78, 5) is 8.48. The topological polar surface area (TPSA) is 85.1 Å². The lowest BCUT2D eigenvalue weighted by atomic mass is 9.86. The van der Waals surface area contributed by atoms with Crippen molar-refractivity contribution in [1.29, 1.82) is 0 Å². The summed E-state index contributed by atoms with van der Waals surface area (Å²) in [7, 11) is 0. The Balaban J connectivity index is 2.09. The molecule has 2 rings (SSSR count). The minimum absolute atomic E-state index is 0.00575. The zero-order chi connectivity index (χ0) is 14.6. The Hall–Kier alpha value is -1.40. The highest BCUT2D eigenvalue weighted by atomic mass is 16.5. The van der Waals surface area contributed by atoms with E-state index in [0.717, 1.165) is 43.7 Å². The summed E-state index contributed by atoms with van der Waals surface area (Å²) in [5.41, 5.74) is 3.51. The first-order chi connectivity index (χ1) is 9.62. The molecule has 0 saturated carbocycles. The number of hydrazine groups is 1. The van der Waals surface area contributed by atoms with Gasteiger partial charge in [0.05, 0.1) is 5.60 Å². The van der Waals surface area contributed by atoms with E-state index in [0.29, 0.717) is 12.0 Å². The average molecular weight is 279 g/mol. The Morgan fingerprint density at radius 2 is 2.20 bits per heavy atom. The Labute approximate surface area is 120 Å². The van der Waals surface area contributed by atoms with E-state index in [1.165, 1.54) is 0 Å². The highest BCUT2D eigenvalue weighted by molar-refractivity contribution is 5.46. The molecule has 0 amide bonds. The Bertz CT molecular complexity index is 447. The van der Waals surface area contributed by atoms with Gasteiger partial charge >= 0.3 is 0 Å². The number of nitrogen functional groups attached to an aromatic ring is 1. The number of nitrogens with zero attached hydrogens (tertiary/aromatic N) is 2. The van der Waals surface area contributed by atoms with Gasteiger partial charge in [0, 0.05) is 24.4 Å². The van der Waals surface area contributed by atoms with Crippen molar-refractivity contribution < 1.29 is 4.74 Å². The molecule has 1 atom stereocenters. The second kappa shape index (κ2) is 6.37. The minimum atomic E-state index is 0.00575. The van der Waals surface area contributed by atoms with Crippen molar-refractivity contribution in [2.75, 3.05) is 17.3 Å². The summed E-state index contributed by atoms with van der Waals surface area (Å²) in [5, 5.41) is 3.52. The monoisotopic (exact) mass is 279 g/mol. The van der Waals surface area contributed by atoms with E-state index in [9.17, 15) is 0 Å². The van der Waals surface area contributed by atoms with E-state index in [4.69, 9.17) is 10.6 Å². The Morgan fingerprint density at radius 1 is 1.45 bits per heavy atom. The molecule has 1 aliphatic rings. The number of aryl methyl sites for hydroxylation is 1. The zero-order valence-electron chi connectivity index (χ0n) is 12.6. The molecule has 1 aliphatic heterocycles. The van der Waals surface area contributed by atoms with Crippen LogP contribution >= 0.6 is 0 Å². The predicted molar refractivity (Wildman–Crippen MR) is 80.5 cm³/mol. The minimum Gasteiger partial charge on any atom is -0.375 e. The molecular weight excluding hydrogens is 254 g/mol. The largest absolute Gasteiger partial charge is 0.375 e. The van der Waals surface area contributed by atoms with Crippen molar-refractivity contribution in [3.05, 3.63) is 11.8 Å². The van der Waals surface area contributed by atoms with Crippen LogP contribution in [0.2, 0.25) is 0 Å². The molecule has 1 unspecified atom stereocenters. The van der Waals surface area contributed by atoms with Gasteiger partial charge in [-0.15, -0.1) is 0 Å². The molecule has 1 aromatic heterocycles. The molecule has 0 radical (unpaired) electrons. The number of nitrogens with two attached hydrogens (primary N) is 1. The molecule has 6 nitrogen and oxygen atoms in total. The Kier molecular flexibility index (Phi) is 4.77. The molecule has 6 heteroatoms. The van der Waals surface area contributed by atoms with Gasteiger partial charge in [0.2, 0.25) is 5.95 Å². The standard InChI is InChI=1S/C14H25N5O/c1-4-14(5-2)8-11(6-7-20-14)17-12-10(3)9-16-13(18-12)19-15/h9,11H,4-8,15H2,1-3H3,(H2,16,17,18,19). The molecule has 0 bridgehead atoms. The molecule has 1 fully saturated rings. The summed E-state index contributed by atoms with van der Waals surface area (Å²) in [6, 6.07) is 0.378. The van der Waals surface area contributed by atoms with Crippen molar-refractivity contribution in [3.63, 3.8) is 0 Å². The van der Waals surface area contributed by atoms with Crippen LogP contribution in [0.4, 0.5) is 11.8 Å². The van der Waals surface area contributed by atoms with Crippen LogP contribution in [-0.2, 0) is 4.74 Å². The summed E-state index contributed by atoms with van der Waals surface area (Å²) in [6.07, 6.45) is 5.86. The SMILES string of the molecule is CCC1(CC)CC(Nc2nc(NN)ncc2C)CCO1. The first-order valence-electron chi connectivity index (χ1n) is 7.33. The number of hydrogen-bond acceptors (Lipinski definition) is 6. The molecule has 0 spiro atoms. The van der Waals surface area contributed by atoms with E-state index in [-0.39, 0.29) is 5.60 Å². The van der Waals surface area contributed by atoms with E-state index < -0.39 is 0 Å². The lowest BCUT2D eigenvalue weighted by Gasteiger charge is -2.40. The molecule has 0 aliphatic carbocycles. The fourth-order valence-corrected chi connectivity index (χ4v) is 2.74. The van der Waals surface area contributed by atoms with E-state index >= 15 is 0 Å². The van der Waals surface area contributed by atoms with Gasteiger partial charge in [-0.25, -0.2) is 10.8 Å². The number of ether oxygens (including phenoxy) is 1. The van der Waals surface area contributed by atoms with Crippen molar-refractivity contribution in [1.82, 2.24) is 9.97 Å². The summed E-state index contributed by atoms with van der Waals surface area (Å²) in [5.74, 6) is 6.65. The molecular formula is C14H25N5O. The van der Waals surface area contributed by atoms with Crippen LogP contribution in [0.5, 0.6) is 0 Å². The number of rotatable bonds is 5. The molecule has 20 heavy (non-hydrogen) atoms. The van der Waals surface area contributed by atoms with Crippen LogP contribution in [0.25, 0.3) is 0 Å². The maximum absolute atomic E-state index is 6.00. The van der Waals surface area contributed by atoms with Crippen LogP contribution in [0.3, 0.4) is 0 Å². The summed E-state index contributed by atoms with van der Waals surface area (Å²) >= 11 is 0. The smallest absolute Gasteiger partial charge is 0.239 e. The highest BCUT2D eigenvalue weighted by Crippen LogP contribution is 2.32. The van der Waals surface area contributed by atoms with Crippen molar-refractivity contribution in [2.24, 2.45) is 5.84 Å². The third kappa shape index (κ3) is 3.19. The van der Waals surface area contributed by atoms with Crippen molar-refractivity contribution in [2.45, 2.75) is 58.1 Å². The molecule has 2 heterocycles. The van der Waals surface area contributed by atoms with Crippen LogP contribution in [0.15, 0.2) is 6.20 Å². The molecule has 4 N–H and O–H groups in total. The van der Waals surface area contributed by atoms with Crippen LogP contribution in [0, 0.1) is 6.92 Å². The number of hydrogen-bond donors (Lipinski definition) is 3. The summed E-state index contributed by atoms with van der Waals surface area (Å²) < 4.78 is 6.00. The highest BCUT2D eigenvalue weighted by Gasteiger charge is 2.34. The fraction of sp³-hybridized carbons (Fsp3) is 0.714. The van der Waals surface area contributed by atoms with Crippen molar-refractivity contribution >= 4 is 11.8 Å². The molecule has 0 aromatic carbocycles. The van der Waals surface area contributed by atoms with Gasteiger partial charge in [0.15, 0.2) is 0 Å². The maximum Gasteiger partial charge on any atom is 0.239 e. The fourth-order valence-electron chi connectivity index (χ4n) is 2.74. The van der Waals surface area contributed by atoms with Gasteiger partial charge in [-0.2, -0.15) is 4.98 Å². The summed E-state index contributed by atoms with van der Waals surface area (Å²) in [6.45, 7) is 7.18. The van der Waals surface area contributed by atoms with Crippen LogP contribution < -0.4 is 16.6 Å². The van der Waals surface area contributed by atoms with E-state index in [1.807, 2.05) is 6.92 Å². The second-order valence-electron chi connectivity index (χ2n) is 5.44. The van der Waals surface area contributed by atoms with Crippen molar-refractivity contribution in [3.8, 4) is 0 Å². The van der Waals surface area contributed by atoms with E-state index in [1.54, 1.807) is 6.20 Å². The Morgan fingerprint density at radius 3 is 2.85 bits per heavy atom. The van der Waals surface area contributed by atoms with Gasteiger partial charge in [0.25, 0.3) is 0 Å². The quantitative estimate of drug-likeness (QED) is 0.566. The second-order valence-corrected chi connectivity index (χ2v) is 5.44. The van der Waals surface area contributed by atoms with Gasteiger partial charge in [-0.05, 0) is 32.6 Å². The number of nitrogens with one attached hydrogen (secondary N) is 2. The van der Waals surface area contributed by atoms with Gasteiger partial charge in [-0.3, -0.25) is 5.43 Å². The zero-order valence-corrected chi connectivity index (χ0v) is 12.6. The van der Waals surface area contributed by atoms with E-state index in [2.05, 4.69) is 34.6 Å².